The molecule has 0 saturated carbocycles. The lowest BCUT2D eigenvalue weighted by Gasteiger charge is -2.19. The van der Waals surface area contributed by atoms with E-state index in [2.05, 4.69) is 15.6 Å². The zero-order valence-corrected chi connectivity index (χ0v) is 15.9. The van der Waals surface area contributed by atoms with Crippen LogP contribution in [0.4, 0.5) is 29.5 Å². The maximum atomic E-state index is 12.7. The second kappa shape index (κ2) is 8.46. The van der Waals surface area contributed by atoms with Gasteiger partial charge in [0.2, 0.25) is 0 Å². The van der Waals surface area contributed by atoms with Gasteiger partial charge < -0.3 is 25.0 Å². The number of nitrogens with zero attached hydrogens (tertiary/aromatic N) is 2. The summed E-state index contributed by atoms with van der Waals surface area (Å²) in [7, 11) is 3.03. The van der Waals surface area contributed by atoms with E-state index in [1.807, 2.05) is 4.90 Å². The Kier molecular flexibility index (Phi) is 6.00. The highest BCUT2D eigenvalue weighted by molar-refractivity contribution is 5.90. The summed E-state index contributed by atoms with van der Waals surface area (Å²) in [6.07, 6.45) is -2.95. The van der Waals surface area contributed by atoms with Crippen molar-refractivity contribution in [1.29, 1.82) is 0 Å². The Balaban J connectivity index is 1.56. The summed E-state index contributed by atoms with van der Waals surface area (Å²) in [4.78, 5) is 18.0. The number of urea groups is 1. The minimum Gasteiger partial charge on any atom is -0.497 e. The Hall–Kier alpha value is -3.17. The number of hydrogen-bond acceptors (Lipinski definition) is 5. The van der Waals surface area contributed by atoms with Gasteiger partial charge in [0.15, 0.2) is 0 Å². The quantitative estimate of drug-likeness (QED) is 0.789. The zero-order chi connectivity index (χ0) is 21.0. The number of ether oxygens (including phenoxy) is 2. The van der Waals surface area contributed by atoms with Crippen LogP contribution in [-0.4, -0.2) is 44.4 Å². The smallest absolute Gasteiger partial charge is 0.417 e. The number of alkyl halides is 3. The van der Waals surface area contributed by atoms with Crippen LogP contribution < -0.4 is 25.0 Å². The molecule has 0 aliphatic carbocycles. The van der Waals surface area contributed by atoms with Gasteiger partial charge in [-0.2, -0.15) is 13.2 Å². The number of hydrogen-bond donors (Lipinski definition) is 2. The zero-order valence-electron chi connectivity index (χ0n) is 15.9. The second-order valence-corrected chi connectivity index (χ2v) is 6.53. The van der Waals surface area contributed by atoms with E-state index in [-0.39, 0.29) is 6.04 Å². The summed E-state index contributed by atoms with van der Waals surface area (Å²) in [6.45, 7) is 1.03. The number of amides is 2. The lowest BCUT2D eigenvalue weighted by Crippen LogP contribution is -2.39. The molecule has 10 heteroatoms. The van der Waals surface area contributed by atoms with E-state index in [4.69, 9.17) is 9.47 Å². The number of nitrogens with one attached hydrogen (secondary N) is 2. The molecule has 2 N–H and O–H groups in total. The molecule has 1 aliphatic heterocycles. The van der Waals surface area contributed by atoms with Gasteiger partial charge in [0.1, 0.15) is 17.3 Å². The number of aromatic nitrogens is 1. The molecule has 1 fully saturated rings. The van der Waals surface area contributed by atoms with E-state index in [1.54, 1.807) is 18.2 Å². The predicted octanol–water partition coefficient (Wildman–Crippen LogP) is 3.52. The average molecular weight is 410 g/mol. The largest absolute Gasteiger partial charge is 0.497 e. The molecule has 1 aromatic carbocycles. The van der Waals surface area contributed by atoms with E-state index in [9.17, 15) is 18.0 Å². The first kappa shape index (κ1) is 20.6. The third-order valence-electron chi connectivity index (χ3n) is 4.53. The molecule has 1 atom stereocenters. The third kappa shape index (κ3) is 5.21. The number of rotatable bonds is 5. The Morgan fingerprint density at radius 1 is 1.17 bits per heavy atom. The highest BCUT2D eigenvalue weighted by atomic mass is 19.4. The molecule has 0 radical (unpaired) electrons. The van der Waals surface area contributed by atoms with Crippen molar-refractivity contribution in [2.45, 2.75) is 18.6 Å². The lowest BCUT2D eigenvalue weighted by molar-refractivity contribution is -0.137. The topological polar surface area (TPSA) is 75.7 Å². The molecule has 2 heterocycles. The number of anilines is 2. The van der Waals surface area contributed by atoms with E-state index in [1.165, 1.54) is 20.3 Å². The number of halogens is 3. The van der Waals surface area contributed by atoms with Crippen LogP contribution in [0.15, 0.2) is 36.5 Å². The monoisotopic (exact) mass is 410 g/mol. The first-order valence-corrected chi connectivity index (χ1v) is 8.87. The summed E-state index contributed by atoms with van der Waals surface area (Å²) in [6, 6.07) is 6.80. The Morgan fingerprint density at radius 3 is 2.41 bits per heavy atom. The molecule has 1 aliphatic rings. The van der Waals surface area contributed by atoms with Gasteiger partial charge in [0.05, 0.1) is 19.8 Å². The van der Waals surface area contributed by atoms with Gasteiger partial charge in [-0.05, 0) is 18.6 Å². The maximum Gasteiger partial charge on any atom is 0.417 e. The van der Waals surface area contributed by atoms with Crippen molar-refractivity contribution in [3.8, 4) is 11.5 Å². The fourth-order valence-electron chi connectivity index (χ4n) is 3.06. The number of benzene rings is 1. The predicted molar refractivity (Wildman–Crippen MR) is 102 cm³/mol. The minimum atomic E-state index is -4.42. The minimum absolute atomic E-state index is 0.161. The van der Waals surface area contributed by atoms with E-state index in [0.29, 0.717) is 42.5 Å². The highest BCUT2D eigenvalue weighted by Gasteiger charge is 2.31. The second-order valence-electron chi connectivity index (χ2n) is 6.53. The van der Waals surface area contributed by atoms with E-state index < -0.39 is 17.8 Å². The lowest BCUT2D eigenvalue weighted by atomic mass is 10.2. The average Bonchev–Trinajstić information content (AvgIpc) is 3.15. The number of carbonyl (C=O) groups is 1. The van der Waals surface area contributed by atoms with Crippen molar-refractivity contribution in [2.24, 2.45) is 0 Å². The summed E-state index contributed by atoms with van der Waals surface area (Å²) in [5, 5.41) is 5.58. The van der Waals surface area contributed by atoms with Crippen molar-refractivity contribution in [3.63, 3.8) is 0 Å². The van der Waals surface area contributed by atoms with Gasteiger partial charge in [0.25, 0.3) is 0 Å². The van der Waals surface area contributed by atoms with Crippen LogP contribution in [0.3, 0.4) is 0 Å². The Bertz CT molecular complexity index is 837. The summed E-state index contributed by atoms with van der Waals surface area (Å²) in [5.41, 5.74) is -0.277. The molecule has 1 aromatic heterocycles. The molecule has 0 bridgehead atoms. The Morgan fingerprint density at radius 2 is 1.86 bits per heavy atom. The molecule has 0 spiro atoms. The van der Waals surface area contributed by atoms with Crippen LogP contribution in [-0.2, 0) is 6.18 Å². The standard InChI is InChI=1S/C19H21F3N4O3/c1-28-15-7-14(8-16(9-15)29-2)25-18(27)24-13-5-6-26(11-13)17-4-3-12(10-23-17)19(20,21)22/h3-4,7-10,13H,5-6,11H2,1-2H3,(H2,24,25,27). The van der Waals surface area contributed by atoms with Crippen LogP contribution in [0.1, 0.15) is 12.0 Å². The van der Waals surface area contributed by atoms with Gasteiger partial charge >= 0.3 is 12.2 Å². The maximum absolute atomic E-state index is 12.7. The highest BCUT2D eigenvalue weighted by Crippen LogP contribution is 2.30. The van der Waals surface area contributed by atoms with Crippen LogP contribution in [0.5, 0.6) is 11.5 Å². The number of carbonyl (C=O) groups excluding carboxylic acids is 1. The van der Waals surface area contributed by atoms with Gasteiger partial charge in [-0.1, -0.05) is 0 Å². The van der Waals surface area contributed by atoms with Crippen LogP contribution >= 0.6 is 0 Å². The van der Waals surface area contributed by atoms with Gasteiger partial charge in [-0.3, -0.25) is 0 Å². The Labute approximate surface area is 165 Å². The van der Waals surface area contributed by atoms with Crippen molar-refractivity contribution < 1.29 is 27.4 Å². The summed E-state index contributed by atoms with van der Waals surface area (Å²) < 4.78 is 48.3. The normalized spacial score (nSPS) is 16.4. The van der Waals surface area contributed by atoms with Crippen molar-refractivity contribution in [1.82, 2.24) is 10.3 Å². The molecular weight excluding hydrogens is 389 g/mol. The van der Waals surface area contributed by atoms with Crippen LogP contribution in [0.25, 0.3) is 0 Å². The summed E-state index contributed by atoms with van der Waals surface area (Å²) >= 11 is 0. The van der Waals surface area contributed by atoms with Gasteiger partial charge in [-0.25, -0.2) is 9.78 Å². The molecule has 29 heavy (non-hydrogen) atoms. The first-order chi connectivity index (χ1) is 13.8. The van der Waals surface area contributed by atoms with E-state index in [0.717, 1.165) is 12.3 Å². The SMILES string of the molecule is COc1cc(NC(=O)NC2CCN(c3ccc(C(F)(F)F)cn3)C2)cc(OC)c1. The van der Waals surface area contributed by atoms with E-state index >= 15 is 0 Å². The van der Waals surface area contributed by atoms with Gasteiger partial charge in [0, 0.05) is 49.2 Å². The fourth-order valence-corrected chi connectivity index (χ4v) is 3.06. The van der Waals surface area contributed by atoms with Crippen LogP contribution in [0.2, 0.25) is 0 Å². The fraction of sp³-hybridized carbons (Fsp3) is 0.368. The van der Waals surface area contributed by atoms with Crippen molar-refractivity contribution in [3.05, 3.63) is 42.1 Å². The molecule has 7 nitrogen and oxygen atoms in total. The summed E-state index contributed by atoms with van der Waals surface area (Å²) in [5.74, 6) is 1.53. The van der Waals surface area contributed by atoms with Gasteiger partial charge in [-0.15, -0.1) is 0 Å². The van der Waals surface area contributed by atoms with Crippen LogP contribution in [0, 0.1) is 0 Å². The third-order valence-corrected chi connectivity index (χ3v) is 4.53. The number of methoxy groups -OCH3 is 2. The molecule has 2 aromatic rings. The molecular formula is C19H21F3N4O3. The molecule has 1 saturated heterocycles. The molecule has 3 rings (SSSR count). The number of pyridine rings is 1. The van der Waals surface area contributed by atoms with Crippen molar-refractivity contribution >= 4 is 17.5 Å². The molecule has 1 unspecified atom stereocenters. The molecule has 156 valence electrons. The van der Waals surface area contributed by atoms with Crippen molar-refractivity contribution in [2.75, 3.05) is 37.5 Å². The first-order valence-electron chi connectivity index (χ1n) is 8.87. The molecule has 2 amide bonds.